The fourth-order valence-corrected chi connectivity index (χ4v) is 2.69. The molecule has 0 spiro atoms. The number of fused-ring (bicyclic) bond motifs is 1. The summed E-state index contributed by atoms with van der Waals surface area (Å²) in [6, 6.07) is 5.97. The van der Waals surface area contributed by atoms with Crippen LogP contribution in [0.3, 0.4) is 0 Å². The molecule has 0 atom stereocenters. The molecule has 0 bridgehead atoms. The monoisotopic (exact) mass is 254 g/mol. The molecule has 0 unspecified atom stereocenters. The number of hydrogen-bond donors (Lipinski definition) is 2. The summed E-state index contributed by atoms with van der Waals surface area (Å²) in [5, 5.41) is 7.83. The molecule has 5 heteroatoms. The SMILES string of the molecule is Cc1c(C(N)=O)n(C)c2cccc(-c3cn[nH]c3)c12. The molecule has 96 valence electrons. The van der Waals surface area contributed by atoms with Crippen LogP contribution >= 0.6 is 0 Å². The summed E-state index contributed by atoms with van der Waals surface area (Å²) in [6.07, 6.45) is 3.61. The van der Waals surface area contributed by atoms with Gasteiger partial charge in [-0.2, -0.15) is 5.10 Å². The van der Waals surface area contributed by atoms with Gasteiger partial charge in [-0.15, -0.1) is 0 Å². The van der Waals surface area contributed by atoms with Crippen LogP contribution in [0.25, 0.3) is 22.0 Å². The van der Waals surface area contributed by atoms with E-state index in [0.29, 0.717) is 5.69 Å². The summed E-state index contributed by atoms with van der Waals surface area (Å²) in [5.41, 5.74) is 9.96. The Hall–Kier alpha value is -2.56. The van der Waals surface area contributed by atoms with E-state index in [4.69, 9.17) is 5.73 Å². The molecule has 0 aliphatic heterocycles. The molecule has 3 N–H and O–H groups in total. The molecule has 3 rings (SSSR count). The number of benzene rings is 1. The van der Waals surface area contributed by atoms with Crippen molar-refractivity contribution >= 4 is 16.8 Å². The molecule has 1 aromatic carbocycles. The highest BCUT2D eigenvalue weighted by Crippen LogP contribution is 2.33. The molecule has 3 aromatic rings. The Labute approximate surface area is 110 Å². The van der Waals surface area contributed by atoms with E-state index in [2.05, 4.69) is 10.2 Å². The quantitative estimate of drug-likeness (QED) is 0.733. The summed E-state index contributed by atoms with van der Waals surface area (Å²) in [7, 11) is 1.86. The van der Waals surface area contributed by atoms with Crippen LogP contribution in [0.2, 0.25) is 0 Å². The zero-order chi connectivity index (χ0) is 13.6. The average molecular weight is 254 g/mol. The molecule has 0 radical (unpaired) electrons. The maximum Gasteiger partial charge on any atom is 0.265 e. The fourth-order valence-electron chi connectivity index (χ4n) is 2.69. The van der Waals surface area contributed by atoms with Crippen LogP contribution in [0.1, 0.15) is 16.1 Å². The topological polar surface area (TPSA) is 76.7 Å². The Morgan fingerprint density at radius 2 is 2.21 bits per heavy atom. The Balaban J connectivity index is 2.44. The van der Waals surface area contributed by atoms with Gasteiger partial charge in [0, 0.05) is 29.7 Å². The summed E-state index contributed by atoms with van der Waals surface area (Å²) in [5.74, 6) is -0.408. The third-order valence-corrected chi connectivity index (χ3v) is 3.51. The molecule has 2 aromatic heterocycles. The van der Waals surface area contributed by atoms with Crippen molar-refractivity contribution in [3.63, 3.8) is 0 Å². The second kappa shape index (κ2) is 3.98. The molecular formula is C14H14N4O. The maximum absolute atomic E-state index is 11.6. The fraction of sp³-hybridized carbons (Fsp3) is 0.143. The number of rotatable bonds is 2. The Kier molecular flexibility index (Phi) is 2.41. The number of aryl methyl sites for hydroxylation is 2. The van der Waals surface area contributed by atoms with Crippen LogP contribution in [-0.4, -0.2) is 20.7 Å². The molecule has 0 aliphatic rings. The molecule has 0 saturated heterocycles. The lowest BCUT2D eigenvalue weighted by molar-refractivity contribution is 0.0992. The molecule has 1 amide bonds. The maximum atomic E-state index is 11.6. The van der Waals surface area contributed by atoms with Crippen molar-refractivity contribution in [2.24, 2.45) is 12.8 Å². The summed E-state index contributed by atoms with van der Waals surface area (Å²) in [6.45, 7) is 1.92. The molecule has 5 nitrogen and oxygen atoms in total. The van der Waals surface area contributed by atoms with Crippen molar-refractivity contribution in [3.05, 3.63) is 41.9 Å². The Morgan fingerprint density at radius 3 is 2.84 bits per heavy atom. The second-order valence-electron chi connectivity index (χ2n) is 4.58. The minimum absolute atomic E-state index is 0.408. The van der Waals surface area contributed by atoms with Gasteiger partial charge in [-0.05, 0) is 24.1 Å². The molecule has 0 fully saturated rings. The number of carbonyl (C=O) groups is 1. The highest BCUT2D eigenvalue weighted by Gasteiger charge is 2.18. The highest BCUT2D eigenvalue weighted by atomic mass is 16.1. The van der Waals surface area contributed by atoms with Crippen molar-refractivity contribution in [2.45, 2.75) is 6.92 Å². The summed E-state index contributed by atoms with van der Waals surface area (Å²) >= 11 is 0. The molecule has 0 saturated carbocycles. The Morgan fingerprint density at radius 1 is 1.42 bits per heavy atom. The van der Waals surface area contributed by atoms with Crippen molar-refractivity contribution in [2.75, 3.05) is 0 Å². The van der Waals surface area contributed by atoms with Crippen LogP contribution in [0.5, 0.6) is 0 Å². The van der Waals surface area contributed by atoms with Gasteiger partial charge < -0.3 is 10.3 Å². The minimum atomic E-state index is -0.408. The normalized spacial score (nSPS) is 11.1. The van der Waals surface area contributed by atoms with Gasteiger partial charge in [-0.1, -0.05) is 12.1 Å². The number of primary amides is 1. The van der Waals surface area contributed by atoms with Crippen LogP contribution in [0.15, 0.2) is 30.6 Å². The van der Waals surface area contributed by atoms with Gasteiger partial charge in [0.05, 0.1) is 6.20 Å². The number of nitrogens with zero attached hydrogens (tertiary/aromatic N) is 2. The lowest BCUT2D eigenvalue weighted by atomic mass is 10.0. The summed E-state index contributed by atoms with van der Waals surface area (Å²) < 4.78 is 1.84. The van der Waals surface area contributed by atoms with Crippen molar-refractivity contribution < 1.29 is 4.79 Å². The van der Waals surface area contributed by atoms with E-state index >= 15 is 0 Å². The summed E-state index contributed by atoms with van der Waals surface area (Å²) in [4.78, 5) is 11.6. The van der Waals surface area contributed by atoms with Crippen molar-refractivity contribution in [1.82, 2.24) is 14.8 Å². The predicted molar refractivity (Wildman–Crippen MR) is 73.8 cm³/mol. The minimum Gasteiger partial charge on any atom is -0.364 e. The van der Waals surface area contributed by atoms with E-state index in [9.17, 15) is 4.79 Å². The van der Waals surface area contributed by atoms with E-state index in [-0.39, 0.29) is 0 Å². The number of amides is 1. The van der Waals surface area contributed by atoms with E-state index in [0.717, 1.165) is 27.6 Å². The zero-order valence-corrected chi connectivity index (χ0v) is 10.8. The molecule has 2 heterocycles. The van der Waals surface area contributed by atoms with Gasteiger partial charge in [0.2, 0.25) is 0 Å². The van der Waals surface area contributed by atoms with Crippen LogP contribution in [0.4, 0.5) is 0 Å². The van der Waals surface area contributed by atoms with Crippen LogP contribution < -0.4 is 5.73 Å². The predicted octanol–water partition coefficient (Wildman–Crippen LogP) is 1.98. The number of carbonyl (C=O) groups excluding carboxylic acids is 1. The van der Waals surface area contributed by atoms with Gasteiger partial charge in [-0.25, -0.2) is 0 Å². The number of H-pyrrole nitrogens is 1. The number of aromatic nitrogens is 3. The second-order valence-corrected chi connectivity index (χ2v) is 4.58. The van der Waals surface area contributed by atoms with Gasteiger partial charge >= 0.3 is 0 Å². The van der Waals surface area contributed by atoms with E-state index in [1.165, 1.54) is 0 Å². The molecule has 19 heavy (non-hydrogen) atoms. The van der Waals surface area contributed by atoms with Gasteiger partial charge in [0.1, 0.15) is 5.69 Å². The first-order valence-electron chi connectivity index (χ1n) is 5.98. The average Bonchev–Trinajstić information content (AvgIpc) is 2.98. The van der Waals surface area contributed by atoms with Crippen LogP contribution in [-0.2, 0) is 7.05 Å². The third-order valence-electron chi connectivity index (χ3n) is 3.51. The van der Waals surface area contributed by atoms with Gasteiger partial charge in [0.15, 0.2) is 0 Å². The van der Waals surface area contributed by atoms with Gasteiger partial charge in [-0.3, -0.25) is 9.89 Å². The van der Waals surface area contributed by atoms with Crippen LogP contribution in [0, 0.1) is 6.92 Å². The number of aromatic amines is 1. The van der Waals surface area contributed by atoms with Crippen molar-refractivity contribution in [1.29, 1.82) is 0 Å². The first kappa shape index (κ1) is 11.5. The van der Waals surface area contributed by atoms with E-state index in [1.54, 1.807) is 6.20 Å². The first-order chi connectivity index (χ1) is 9.11. The van der Waals surface area contributed by atoms with Gasteiger partial charge in [0.25, 0.3) is 5.91 Å². The molecular weight excluding hydrogens is 240 g/mol. The lowest BCUT2D eigenvalue weighted by Gasteiger charge is -2.02. The van der Waals surface area contributed by atoms with E-state index in [1.807, 2.05) is 42.9 Å². The number of nitrogens with two attached hydrogens (primary N) is 1. The first-order valence-corrected chi connectivity index (χ1v) is 5.98. The number of hydrogen-bond acceptors (Lipinski definition) is 2. The zero-order valence-electron chi connectivity index (χ0n) is 10.8. The molecule has 0 aliphatic carbocycles. The Bertz CT molecular complexity index is 768. The largest absolute Gasteiger partial charge is 0.364 e. The highest BCUT2D eigenvalue weighted by molar-refractivity contribution is 6.05. The smallest absolute Gasteiger partial charge is 0.265 e. The van der Waals surface area contributed by atoms with E-state index < -0.39 is 5.91 Å². The standard InChI is InChI=1S/C14H14N4O/c1-8-12-10(9-6-16-17-7-9)4-3-5-11(12)18(2)13(8)14(15)19/h3-7H,1-2H3,(H2,15,19)(H,16,17). The lowest BCUT2D eigenvalue weighted by Crippen LogP contribution is -2.16. The van der Waals surface area contributed by atoms with Crippen molar-refractivity contribution in [3.8, 4) is 11.1 Å². The third kappa shape index (κ3) is 1.55. The number of nitrogens with one attached hydrogen (secondary N) is 1.